The van der Waals surface area contributed by atoms with Crippen LogP contribution in [0.5, 0.6) is 5.75 Å². The van der Waals surface area contributed by atoms with Crippen LogP contribution in [0.15, 0.2) is 97.6 Å². The van der Waals surface area contributed by atoms with E-state index in [1.807, 2.05) is 95.9 Å². The number of fused-ring (bicyclic) bond motifs is 1. The fourth-order valence-electron chi connectivity index (χ4n) is 8.15. The van der Waals surface area contributed by atoms with Gasteiger partial charge in [0.2, 0.25) is 23.6 Å². The number of carbonyl (C=O) groups is 4. The molecular formula is C44H54N4O5S. The van der Waals surface area contributed by atoms with Crippen molar-refractivity contribution in [3.63, 3.8) is 0 Å². The van der Waals surface area contributed by atoms with Gasteiger partial charge in [-0.2, -0.15) is 0 Å². The molecule has 54 heavy (non-hydrogen) atoms. The van der Waals surface area contributed by atoms with Crippen molar-refractivity contribution in [3.8, 4) is 5.75 Å². The van der Waals surface area contributed by atoms with E-state index in [-0.39, 0.29) is 35.0 Å². The Morgan fingerprint density at radius 1 is 0.778 bits per heavy atom. The van der Waals surface area contributed by atoms with Crippen molar-refractivity contribution in [3.05, 3.63) is 109 Å². The highest BCUT2D eigenvalue weighted by Crippen LogP contribution is 2.35. The van der Waals surface area contributed by atoms with E-state index < -0.39 is 23.9 Å². The molecule has 10 heteroatoms. The van der Waals surface area contributed by atoms with Crippen molar-refractivity contribution < 1.29 is 23.9 Å². The number of benzene rings is 3. The van der Waals surface area contributed by atoms with Gasteiger partial charge in [-0.25, -0.2) is 0 Å². The van der Waals surface area contributed by atoms with Crippen LogP contribution in [-0.4, -0.2) is 71.4 Å². The quantitative estimate of drug-likeness (QED) is 0.178. The predicted octanol–water partition coefficient (Wildman–Crippen LogP) is 6.71. The minimum absolute atomic E-state index is 0.0271. The van der Waals surface area contributed by atoms with Crippen LogP contribution >= 0.6 is 11.8 Å². The maximum atomic E-state index is 14.3. The summed E-state index contributed by atoms with van der Waals surface area (Å²) in [7, 11) is 1.59. The number of amides is 4. The van der Waals surface area contributed by atoms with Crippen molar-refractivity contribution in [2.24, 2.45) is 11.8 Å². The highest BCUT2D eigenvalue weighted by Gasteiger charge is 2.40. The number of piperidine rings is 1. The molecule has 3 fully saturated rings. The Hall–Kier alpha value is -4.57. The lowest BCUT2D eigenvalue weighted by Crippen LogP contribution is -2.55. The molecule has 3 aliphatic rings. The van der Waals surface area contributed by atoms with E-state index in [9.17, 15) is 19.2 Å². The molecular weight excluding hydrogens is 697 g/mol. The van der Waals surface area contributed by atoms with Crippen LogP contribution in [0, 0.1) is 11.8 Å². The van der Waals surface area contributed by atoms with Crippen LogP contribution in [-0.2, 0) is 32.0 Å². The molecule has 3 heterocycles. The Balaban J connectivity index is 1.20. The van der Waals surface area contributed by atoms with Crippen molar-refractivity contribution >= 4 is 41.1 Å². The summed E-state index contributed by atoms with van der Waals surface area (Å²) >= 11 is 1.80. The summed E-state index contributed by atoms with van der Waals surface area (Å²) in [5.41, 5.74) is 2.73. The number of nitrogens with one attached hydrogen (secondary N) is 2. The normalized spacial score (nSPS) is 22.9. The third-order valence-electron chi connectivity index (χ3n) is 11.1. The SMILES string of the molecule is C=C[C@@H]1CCC[C@@H]2SCC[C@H](NC(=O)[C@H](CC[C@H](Cc3ccccc3)C(=O)N[C@H]3CCCCN(c4ccccc4OC)C3=O)Cc3ccccc3)C(=O)N12. The fourth-order valence-corrected chi connectivity index (χ4v) is 9.55. The molecule has 0 spiro atoms. The number of thioether (sulfide) groups is 1. The first kappa shape index (κ1) is 39.1. The van der Waals surface area contributed by atoms with Gasteiger partial charge in [-0.1, -0.05) is 78.9 Å². The molecule has 0 bridgehead atoms. The van der Waals surface area contributed by atoms with Crippen LogP contribution in [0.3, 0.4) is 0 Å². The second-order valence-electron chi connectivity index (χ2n) is 14.7. The van der Waals surface area contributed by atoms with Gasteiger partial charge >= 0.3 is 0 Å². The highest BCUT2D eigenvalue weighted by atomic mass is 32.2. The average molecular weight is 751 g/mol. The lowest BCUT2D eigenvalue weighted by molar-refractivity contribution is -0.140. The van der Waals surface area contributed by atoms with Crippen molar-refractivity contribution in [1.29, 1.82) is 0 Å². The van der Waals surface area contributed by atoms with Crippen molar-refractivity contribution in [2.45, 2.75) is 94.1 Å². The third kappa shape index (κ3) is 9.75. The Bertz CT molecular complexity index is 1740. The largest absolute Gasteiger partial charge is 0.495 e. The van der Waals surface area contributed by atoms with Crippen molar-refractivity contribution in [1.82, 2.24) is 15.5 Å². The number of methoxy groups -OCH3 is 1. The van der Waals surface area contributed by atoms with Crippen LogP contribution in [0.25, 0.3) is 0 Å². The second-order valence-corrected chi connectivity index (χ2v) is 16.0. The van der Waals surface area contributed by atoms with Gasteiger partial charge in [-0.3, -0.25) is 19.2 Å². The number of carbonyl (C=O) groups excluding carboxylic acids is 4. The van der Waals surface area contributed by atoms with Gasteiger partial charge in [0, 0.05) is 18.4 Å². The summed E-state index contributed by atoms with van der Waals surface area (Å²) in [6.07, 6.45) is 9.33. The summed E-state index contributed by atoms with van der Waals surface area (Å²) in [6.45, 7) is 4.55. The summed E-state index contributed by atoms with van der Waals surface area (Å²) in [4.78, 5) is 60.3. The third-order valence-corrected chi connectivity index (χ3v) is 12.4. The number of ether oxygens (including phenoxy) is 1. The molecule has 0 radical (unpaired) electrons. The maximum absolute atomic E-state index is 14.3. The number of anilines is 1. The van der Waals surface area contributed by atoms with E-state index in [0.29, 0.717) is 56.5 Å². The molecule has 3 aromatic carbocycles. The minimum Gasteiger partial charge on any atom is -0.495 e. The number of para-hydroxylation sites is 2. The first-order valence-corrected chi connectivity index (χ1v) is 20.6. The van der Waals surface area contributed by atoms with Crippen LogP contribution in [0.4, 0.5) is 5.69 Å². The number of rotatable bonds is 14. The summed E-state index contributed by atoms with van der Waals surface area (Å²) in [6, 6.07) is 26.0. The summed E-state index contributed by atoms with van der Waals surface area (Å²) in [5, 5.41) is 6.44. The van der Waals surface area contributed by atoms with Gasteiger partial charge in [-0.15, -0.1) is 18.3 Å². The van der Waals surface area contributed by atoms with Gasteiger partial charge in [0.15, 0.2) is 0 Å². The maximum Gasteiger partial charge on any atom is 0.249 e. The van der Waals surface area contributed by atoms with E-state index in [0.717, 1.165) is 49.0 Å². The summed E-state index contributed by atoms with van der Waals surface area (Å²) in [5.74, 6) is -0.0768. The smallest absolute Gasteiger partial charge is 0.249 e. The molecule has 4 amide bonds. The Kier molecular flexibility index (Phi) is 13.9. The zero-order valence-corrected chi connectivity index (χ0v) is 32.2. The number of hydrogen-bond acceptors (Lipinski definition) is 6. The average Bonchev–Trinajstić information content (AvgIpc) is 3.48. The number of hydrogen-bond donors (Lipinski definition) is 2. The molecule has 0 aromatic heterocycles. The van der Waals surface area contributed by atoms with Crippen LogP contribution in [0.2, 0.25) is 0 Å². The molecule has 286 valence electrons. The first-order chi connectivity index (χ1) is 26.4. The molecule has 6 rings (SSSR count). The van der Waals surface area contributed by atoms with Gasteiger partial charge in [-0.05, 0) is 99.6 Å². The van der Waals surface area contributed by atoms with E-state index >= 15 is 0 Å². The molecule has 0 saturated carbocycles. The molecule has 3 saturated heterocycles. The fraction of sp³-hybridized carbons (Fsp3) is 0.455. The Labute approximate surface area is 324 Å². The second kappa shape index (κ2) is 19.1. The van der Waals surface area contributed by atoms with Crippen LogP contribution in [0.1, 0.15) is 68.9 Å². The highest BCUT2D eigenvalue weighted by molar-refractivity contribution is 7.99. The molecule has 3 aliphatic heterocycles. The first-order valence-electron chi connectivity index (χ1n) is 19.6. The molecule has 0 unspecified atom stereocenters. The molecule has 6 atom stereocenters. The predicted molar refractivity (Wildman–Crippen MR) is 215 cm³/mol. The molecule has 3 aromatic rings. The zero-order chi connectivity index (χ0) is 37.9. The van der Waals surface area contributed by atoms with E-state index in [1.165, 1.54) is 0 Å². The van der Waals surface area contributed by atoms with Gasteiger partial charge < -0.3 is 25.2 Å². The van der Waals surface area contributed by atoms with Crippen molar-refractivity contribution in [2.75, 3.05) is 24.3 Å². The molecule has 9 nitrogen and oxygen atoms in total. The molecule has 2 N–H and O–H groups in total. The monoisotopic (exact) mass is 750 g/mol. The number of nitrogens with zero attached hydrogens (tertiary/aromatic N) is 2. The summed E-state index contributed by atoms with van der Waals surface area (Å²) < 4.78 is 5.58. The standard InChI is InChI=1S/C44H54N4O5S/c1-3-35-19-14-23-40-48(35)44(52)37(26-28-54-40)46-42(50)34(30-32-17-8-5-9-18-32)25-24-33(29-31-15-6-4-7-16-31)41(49)45-36-20-12-13-27-47(43(36)51)38-21-10-11-22-39(38)53-2/h3-11,15-18,21-22,33-37,40H,1,12-14,19-20,23-30H2,2H3,(H,45,49)(H,46,50)/t33-,34-,35-,36+,37+,40+/m1/s1. The van der Waals surface area contributed by atoms with E-state index in [1.54, 1.807) is 23.8 Å². The van der Waals surface area contributed by atoms with Crippen LogP contribution < -0.4 is 20.3 Å². The molecule has 0 aliphatic carbocycles. The van der Waals surface area contributed by atoms with Gasteiger partial charge in [0.25, 0.3) is 0 Å². The lowest BCUT2D eigenvalue weighted by atomic mass is 9.86. The van der Waals surface area contributed by atoms with E-state index in [2.05, 4.69) is 17.2 Å². The van der Waals surface area contributed by atoms with E-state index in [4.69, 9.17) is 4.74 Å². The minimum atomic E-state index is -0.677. The Morgan fingerprint density at radius 2 is 1.37 bits per heavy atom. The van der Waals surface area contributed by atoms with Gasteiger partial charge in [0.05, 0.1) is 24.2 Å². The lowest BCUT2D eigenvalue weighted by Gasteiger charge is -2.40. The topological polar surface area (TPSA) is 108 Å². The van der Waals surface area contributed by atoms with Gasteiger partial charge in [0.1, 0.15) is 17.8 Å². The zero-order valence-electron chi connectivity index (χ0n) is 31.4. The Morgan fingerprint density at radius 3 is 1.98 bits per heavy atom.